The van der Waals surface area contributed by atoms with E-state index in [9.17, 15) is 19.2 Å². The largest absolute Gasteiger partial charge is 0.271 e. The number of rotatable bonds is 14. The average molecular weight is 815 g/mol. The van der Waals surface area contributed by atoms with Gasteiger partial charge >= 0.3 is 0 Å². The quantitative estimate of drug-likeness (QED) is 0.0357. The van der Waals surface area contributed by atoms with Crippen LogP contribution < -0.4 is 0 Å². The summed E-state index contributed by atoms with van der Waals surface area (Å²) in [6, 6.07) is 5.74. The highest BCUT2D eigenvalue weighted by Gasteiger charge is 2.42. The molecule has 0 N–H and O–H groups in total. The van der Waals surface area contributed by atoms with Gasteiger partial charge in [-0.05, 0) is 98.8 Å². The normalized spacial score (nSPS) is 14.6. The summed E-state index contributed by atoms with van der Waals surface area (Å²) >= 11 is 20.7. The van der Waals surface area contributed by atoms with Crippen molar-refractivity contribution in [3.63, 3.8) is 0 Å². The summed E-state index contributed by atoms with van der Waals surface area (Å²) in [5, 5.41) is 13.1. The number of carbonyl (C=O) groups is 4. The number of aliphatic imine (C=N–C) groups is 4. The van der Waals surface area contributed by atoms with Gasteiger partial charge in [-0.15, -0.1) is 0 Å². The number of isothiocyanates is 4. The average Bonchev–Trinajstić information content (AvgIpc) is 3.19. The summed E-state index contributed by atoms with van der Waals surface area (Å²) in [6.45, 7) is 8.02. The van der Waals surface area contributed by atoms with Crippen LogP contribution in [0, 0.1) is 0 Å². The third-order valence-electron chi connectivity index (χ3n) is 11.1. The first kappa shape index (κ1) is 39.1. The second kappa shape index (κ2) is 15.8. The van der Waals surface area contributed by atoms with Gasteiger partial charge in [0.1, 0.15) is 0 Å². The fourth-order valence-corrected chi connectivity index (χ4v) is 9.12. The Morgan fingerprint density at radius 1 is 0.464 bits per heavy atom. The van der Waals surface area contributed by atoms with Gasteiger partial charge in [-0.1, -0.05) is 53.4 Å². The summed E-state index contributed by atoms with van der Waals surface area (Å²) < 4.78 is 0. The number of benzene rings is 5. The third-order valence-corrected chi connectivity index (χ3v) is 11.5. The molecule has 0 aliphatic carbocycles. The smallest absolute Gasteiger partial charge is 0.261 e. The van der Waals surface area contributed by atoms with Gasteiger partial charge in [0.15, 0.2) is 0 Å². The minimum Gasteiger partial charge on any atom is -0.271 e. The lowest BCUT2D eigenvalue weighted by atomic mass is 9.79. The molecule has 2 heterocycles. The molecule has 10 nitrogen and oxygen atoms in total. The van der Waals surface area contributed by atoms with Crippen molar-refractivity contribution in [1.82, 2.24) is 9.80 Å². The standard InChI is InChI=1S/C42H34N6O4S4/c1-5-9-11-21(7-3)47-39(49)23-13-27(43-17-53)33-35-29(45-19-55)15-25-32-26(42(52)48(41(25)51)22(8-4)12-10-6-2)16-30(46-20-56)36(38(32)35)34-28(44-18-54)14-24(40(47)50)31(23)37(33)34/h13-16,21-22H,5-12H2,1-4H3. The van der Waals surface area contributed by atoms with E-state index in [2.05, 4.69) is 54.5 Å². The van der Waals surface area contributed by atoms with E-state index in [0.29, 0.717) is 68.8 Å². The van der Waals surface area contributed by atoms with E-state index in [1.165, 1.54) is 9.80 Å². The first-order valence-corrected chi connectivity index (χ1v) is 20.2. The Morgan fingerprint density at radius 3 is 0.946 bits per heavy atom. The number of unbranched alkanes of at least 4 members (excludes halogenated alkanes) is 2. The van der Waals surface area contributed by atoms with Crippen molar-refractivity contribution >= 4 is 159 Å². The number of carbonyl (C=O) groups excluding carboxylic acids is 4. The summed E-state index contributed by atoms with van der Waals surface area (Å²) in [5.41, 5.74) is 1.94. The molecule has 0 saturated heterocycles. The summed E-state index contributed by atoms with van der Waals surface area (Å²) in [4.78, 5) is 79.2. The third kappa shape index (κ3) is 5.81. The fraction of sp³-hybridized carbons (Fsp3) is 0.333. The van der Waals surface area contributed by atoms with Crippen molar-refractivity contribution in [2.75, 3.05) is 0 Å². The first-order valence-electron chi connectivity index (χ1n) is 18.6. The molecule has 5 aromatic carbocycles. The summed E-state index contributed by atoms with van der Waals surface area (Å²) in [6.07, 6.45) is 5.85. The van der Waals surface area contributed by atoms with Gasteiger partial charge in [0, 0.05) is 55.2 Å². The van der Waals surface area contributed by atoms with Crippen molar-refractivity contribution < 1.29 is 19.2 Å². The predicted octanol–water partition coefficient (Wildman–Crippen LogP) is 11.8. The van der Waals surface area contributed by atoms with E-state index in [0.717, 1.165) is 25.7 Å². The highest BCUT2D eigenvalue weighted by atomic mass is 32.1. The molecule has 7 rings (SSSR count). The molecule has 14 heteroatoms. The number of nitrogens with zero attached hydrogens (tertiary/aromatic N) is 6. The van der Waals surface area contributed by atoms with Crippen LogP contribution in [0.1, 0.15) is 120 Å². The Morgan fingerprint density at radius 2 is 0.732 bits per heavy atom. The molecular weight excluding hydrogens is 781 g/mol. The van der Waals surface area contributed by atoms with Crippen LogP contribution in [0.15, 0.2) is 44.2 Å². The lowest BCUT2D eigenvalue weighted by Gasteiger charge is -2.35. The zero-order valence-electron chi connectivity index (χ0n) is 31.1. The zero-order valence-corrected chi connectivity index (χ0v) is 34.3. The van der Waals surface area contributed by atoms with Crippen molar-refractivity contribution in [2.45, 2.75) is 91.1 Å². The first-order chi connectivity index (χ1) is 27.2. The van der Waals surface area contributed by atoms with Gasteiger partial charge < -0.3 is 0 Å². The Labute approximate surface area is 343 Å². The van der Waals surface area contributed by atoms with Crippen molar-refractivity contribution in [3.05, 3.63) is 46.5 Å². The van der Waals surface area contributed by atoms with E-state index >= 15 is 0 Å². The van der Waals surface area contributed by atoms with Crippen LogP contribution in [-0.4, -0.2) is 66.2 Å². The maximum atomic E-state index is 14.6. The van der Waals surface area contributed by atoms with E-state index in [4.69, 9.17) is 48.9 Å². The molecule has 280 valence electrons. The molecule has 0 saturated carbocycles. The van der Waals surface area contributed by atoms with Crippen LogP contribution in [0.4, 0.5) is 22.7 Å². The van der Waals surface area contributed by atoms with Crippen LogP contribution in [-0.2, 0) is 0 Å². The molecule has 0 radical (unpaired) electrons. The molecule has 0 spiro atoms. The number of hydrogen-bond donors (Lipinski definition) is 0. The van der Waals surface area contributed by atoms with Crippen LogP contribution in [0.25, 0.3) is 43.1 Å². The van der Waals surface area contributed by atoms with Crippen LogP contribution in [0.2, 0.25) is 0 Å². The maximum Gasteiger partial charge on any atom is 0.261 e. The molecule has 2 aliphatic heterocycles. The van der Waals surface area contributed by atoms with Gasteiger partial charge in [0.25, 0.3) is 23.6 Å². The highest BCUT2D eigenvalue weighted by Crippen LogP contribution is 2.56. The number of amides is 4. The summed E-state index contributed by atoms with van der Waals surface area (Å²) in [7, 11) is 0. The van der Waals surface area contributed by atoms with Gasteiger partial charge in [0.05, 0.1) is 65.6 Å². The van der Waals surface area contributed by atoms with Crippen molar-refractivity contribution in [1.29, 1.82) is 0 Å². The van der Waals surface area contributed by atoms with Crippen molar-refractivity contribution in [3.8, 4) is 0 Å². The van der Waals surface area contributed by atoms with Gasteiger partial charge in [-0.25, -0.2) is 0 Å². The molecule has 5 aromatic rings. The lowest BCUT2D eigenvalue weighted by molar-refractivity contribution is 0.0508. The predicted molar refractivity (Wildman–Crippen MR) is 235 cm³/mol. The van der Waals surface area contributed by atoms with Gasteiger partial charge in [-0.2, -0.15) is 20.0 Å². The van der Waals surface area contributed by atoms with Crippen molar-refractivity contribution in [2.24, 2.45) is 20.0 Å². The number of hydrogen-bond acceptors (Lipinski definition) is 12. The molecule has 0 bridgehead atoms. The maximum absolute atomic E-state index is 14.6. The van der Waals surface area contributed by atoms with Crippen LogP contribution in [0.3, 0.4) is 0 Å². The zero-order chi connectivity index (χ0) is 40.0. The molecule has 0 fully saturated rings. The Bertz CT molecular complexity index is 2440. The topological polar surface area (TPSA) is 124 Å². The second-order valence-electron chi connectivity index (χ2n) is 14.0. The number of thiocarbonyl (C=S) groups is 4. The Balaban J connectivity index is 1.76. The lowest BCUT2D eigenvalue weighted by Crippen LogP contribution is -2.47. The molecule has 4 amide bonds. The van der Waals surface area contributed by atoms with Crippen LogP contribution in [0.5, 0.6) is 0 Å². The highest BCUT2D eigenvalue weighted by molar-refractivity contribution is 7.78. The minimum atomic E-state index is -0.468. The van der Waals surface area contributed by atoms with E-state index in [1.54, 1.807) is 24.3 Å². The fourth-order valence-electron chi connectivity index (χ4n) is 8.73. The number of fused-ring (bicyclic) bond motifs is 2. The molecule has 56 heavy (non-hydrogen) atoms. The van der Waals surface area contributed by atoms with Crippen LogP contribution >= 0.6 is 48.9 Å². The molecule has 2 unspecified atom stereocenters. The minimum absolute atomic E-state index is 0.240. The van der Waals surface area contributed by atoms with E-state index in [-0.39, 0.29) is 57.1 Å². The summed E-state index contributed by atoms with van der Waals surface area (Å²) in [5.74, 6) is -1.87. The molecule has 2 atom stereocenters. The van der Waals surface area contributed by atoms with Gasteiger partial charge in [-0.3, -0.25) is 29.0 Å². The van der Waals surface area contributed by atoms with E-state index < -0.39 is 23.6 Å². The van der Waals surface area contributed by atoms with E-state index in [1.807, 2.05) is 13.8 Å². The van der Waals surface area contributed by atoms with Gasteiger partial charge in [0.2, 0.25) is 0 Å². The molecular formula is C42H34N6O4S4. The molecule has 2 aliphatic rings. The SMILES string of the molecule is CCCCC(CC)N1C(=O)c2cc(N=C=S)c3c4c(N=C=S)cc5c6c(cc(N=C=S)c(c7c(N=C=S)cc(c2c37)C1=O)c64)C(=O)N(C(CC)CCCC)C5=O. The second-order valence-corrected chi connectivity index (χ2v) is 14.7. The Hall–Kier alpha value is -5.12. The number of imide groups is 2. The Kier molecular flexibility index (Phi) is 11.0. The monoisotopic (exact) mass is 814 g/mol. The molecule has 0 aromatic heterocycles.